The van der Waals surface area contributed by atoms with Gasteiger partial charge in [0.2, 0.25) is 11.8 Å². The predicted molar refractivity (Wildman–Crippen MR) is 107 cm³/mol. The van der Waals surface area contributed by atoms with E-state index in [-0.39, 0.29) is 18.4 Å². The predicted octanol–water partition coefficient (Wildman–Crippen LogP) is 3.22. The van der Waals surface area contributed by atoms with E-state index in [0.717, 1.165) is 16.9 Å². The number of benzene rings is 2. The first kappa shape index (κ1) is 20.2. The zero-order valence-electron chi connectivity index (χ0n) is 16.1. The molecule has 0 aliphatic heterocycles. The first-order chi connectivity index (χ1) is 13.0. The average molecular weight is 366 g/mol. The van der Waals surface area contributed by atoms with Gasteiger partial charge in [0, 0.05) is 26.2 Å². The Balaban J connectivity index is 1.93. The van der Waals surface area contributed by atoms with Crippen molar-refractivity contribution in [3.8, 4) is 5.75 Å². The maximum Gasteiger partial charge on any atom is 0.246 e. The van der Waals surface area contributed by atoms with E-state index in [1.54, 1.807) is 25.1 Å². The fourth-order valence-electron chi connectivity index (χ4n) is 2.60. The Morgan fingerprint density at radius 3 is 2.48 bits per heavy atom. The van der Waals surface area contributed by atoms with Crippen LogP contribution in [0.4, 0.5) is 0 Å². The summed E-state index contributed by atoms with van der Waals surface area (Å²) in [6, 6.07) is 17.3. The molecule has 2 amide bonds. The molecule has 0 aliphatic carbocycles. The molecule has 2 aromatic rings. The molecule has 0 aliphatic rings. The van der Waals surface area contributed by atoms with Gasteiger partial charge in [-0.05, 0) is 36.3 Å². The van der Waals surface area contributed by atoms with E-state index in [1.807, 2.05) is 61.5 Å². The number of ether oxygens (including phenoxy) is 1. The molecule has 5 heteroatoms. The summed E-state index contributed by atoms with van der Waals surface area (Å²) in [6.07, 6.45) is 3.18. The molecule has 0 saturated heterocycles. The van der Waals surface area contributed by atoms with Gasteiger partial charge in [0.1, 0.15) is 5.75 Å². The van der Waals surface area contributed by atoms with Gasteiger partial charge in [0.05, 0.1) is 13.7 Å². The lowest BCUT2D eigenvalue weighted by Gasteiger charge is -2.24. The molecule has 0 radical (unpaired) electrons. The minimum absolute atomic E-state index is 0.0436. The van der Waals surface area contributed by atoms with Crippen LogP contribution in [0.15, 0.2) is 60.7 Å². The minimum atomic E-state index is -0.220. The van der Waals surface area contributed by atoms with E-state index < -0.39 is 0 Å². The lowest BCUT2D eigenvalue weighted by Crippen LogP contribution is -2.40. The molecule has 5 nitrogen and oxygen atoms in total. The van der Waals surface area contributed by atoms with Gasteiger partial charge in [-0.2, -0.15) is 0 Å². The summed E-state index contributed by atoms with van der Waals surface area (Å²) in [5, 5.41) is 0. The molecular formula is C22H26N2O3. The summed E-state index contributed by atoms with van der Waals surface area (Å²) in [4.78, 5) is 28.0. The first-order valence-corrected chi connectivity index (χ1v) is 8.92. The van der Waals surface area contributed by atoms with Crippen molar-refractivity contribution in [2.24, 2.45) is 0 Å². The van der Waals surface area contributed by atoms with E-state index in [9.17, 15) is 9.59 Å². The number of likely N-dealkylation sites (N-methyl/N-ethyl adjacent to an activating group) is 2. The van der Waals surface area contributed by atoms with Gasteiger partial charge in [-0.15, -0.1) is 0 Å². The van der Waals surface area contributed by atoms with Crippen molar-refractivity contribution in [1.29, 1.82) is 0 Å². The molecule has 2 rings (SSSR count). The number of amides is 2. The Morgan fingerprint density at radius 2 is 1.81 bits per heavy atom. The van der Waals surface area contributed by atoms with E-state index in [1.165, 1.54) is 11.0 Å². The fraction of sp³-hybridized carbons (Fsp3) is 0.273. The molecule has 0 atom stereocenters. The Morgan fingerprint density at radius 1 is 1.07 bits per heavy atom. The lowest BCUT2D eigenvalue weighted by atomic mass is 10.2. The van der Waals surface area contributed by atoms with Crippen LogP contribution < -0.4 is 4.74 Å². The number of hydrogen-bond donors (Lipinski definition) is 0. The molecule has 0 aromatic heterocycles. The Kier molecular flexibility index (Phi) is 7.62. The highest BCUT2D eigenvalue weighted by molar-refractivity contribution is 5.94. The van der Waals surface area contributed by atoms with E-state index >= 15 is 0 Å². The molecule has 0 spiro atoms. The highest BCUT2D eigenvalue weighted by Gasteiger charge is 2.16. The summed E-state index contributed by atoms with van der Waals surface area (Å²) in [5.41, 5.74) is 1.93. The van der Waals surface area contributed by atoms with Crippen molar-refractivity contribution in [3.63, 3.8) is 0 Å². The van der Waals surface area contributed by atoms with Crippen LogP contribution in [0.25, 0.3) is 6.08 Å². The number of carbonyl (C=O) groups excluding carboxylic acids is 2. The average Bonchev–Trinajstić information content (AvgIpc) is 2.70. The highest BCUT2D eigenvalue weighted by atomic mass is 16.5. The van der Waals surface area contributed by atoms with Crippen molar-refractivity contribution >= 4 is 17.9 Å². The topological polar surface area (TPSA) is 49.9 Å². The number of carbonyl (C=O) groups is 2. The zero-order chi connectivity index (χ0) is 19.6. The maximum atomic E-state index is 12.5. The number of hydrogen-bond acceptors (Lipinski definition) is 3. The standard InChI is InChI=1S/C22H26N2O3/c1-4-24(16-19-9-6-5-7-10-19)22(26)17-23(2)21(25)14-13-18-11-8-12-20(15-18)27-3/h5-15H,4,16-17H2,1-3H3/b14-13+. The smallest absolute Gasteiger partial charge is 0.246 e. The van der Waals surface area contributed by atoms with Crippen LogP contribution >= 0.6 is 0 Å². The summed E-state index contributed by atoms with van der Waals surface area (Å²) in [6.45, 7) is 3.11. The van der Waals surface area contributed by atoms with Crippen molar-refractivity contribution in [2.75, 3.05) is 27.2 Å². The SMILES string of the molecule is CCN(Cc1ccccc1)C(=O)CN(C)C(=O)/C=C/c1cccc(OC)c1. The van der Waals surface area contributed by atoms with Gasteiger partial charge < -0.3 is 14.5 Å². The summed E-state index contributed by atoms with van der Waals surface area (Å²) in [5.74, 6) is 0.432. The molecule has 0 saturated carbocycles. The Bertz CT molecular complexity index is 787. The van der Waals surface area contributed by atoms with E-state index in [0.29, 0.717) is 13.1 Å². The quantitative estimate of drug-likeness (QED) is 0.674. The van der Waals surface area contributed by atoms with Crippen LogP contribution in [0.1, 0.15) is 18.1 Å². The molecule has 0 N–H and O–H groups in total. The van der Waals surface area contributed by atoms with Gasteiger partial charge in [0.25, 0.3) is 0 Å². The molecular weight excluding hydrogens is 340 g/mol. The summed E-state index contributed by atoms with van der Waals surface area (Å²) < 4.78 is 5.17. The Hall–Kier alpha value is -3.08. The van der Waals surface area contributed by atoms with Gasteiger partial charge in [-0.3, -0.25) is 9.59 Å². The largest absolute Gasteiger partial charge is 0.497 e. The molecule has 0 unspecified atom stereocenters. The second-order valence-corrected chi connectivity index (χ2v) is 6.20. The first-order valence-electron chi connectivity index (χ1n) is 8.92. The third-order valence-electron chi connectivity index (χ3n) is 4.21. The number of methoxy groups -OCH3 is 1. The maximum absolute atomic E-state index is 12.5. The molecule has 0 fully saturated rings. The van der Waals surface area contributed by atoms with Gasteiger partial charge in [-0.25, -0.2) is 0 Å². The monoisotopic (exact) mass is 366 g/mol. The molecule has 142 valence electrons. The molecule has 2 aromatic carbocycles. The van der Waals surface area contributed by atoms with Crippen molar-refractivity contribution in [3.05, 3.63) is 71.8 Å². The van der Waals surface area contributed by atoms with E-state index in [4.69, 9.17) is 4.74 Å². The molecule has 0 heterocycles. The summed E-state index contributed by atoms with van der Waals surface area (Å²) >= 11 is 0. The van der Waals surface area contributed by atoms with E-state index in [2.05, 4.69) is 0 Å². The van der Waals surface area contributed by atoms with Crippen LogP contribution in [0.3, 0.4) is 0 Å². The van der Waals surface area contributed by atoms with Gasteiger partial charge in [-0.1, -0.05) is 42.5 Å². The zero-order valence-corrected chi connectivity index (χ0v) is 16.1. The second kappa shape index (κ2) is 10.2. The van der Waals surface area contributed by atoms with Crippen molar-refractivity contribution in [1.82, 2.24) is 9.80 Å². The normalized spacial score (nSPS) is 10.6. The third kappa shape index (κ3) is 6.29. The van der Waals surface area contributed by atoms with Crippen LogP contribution in [0.2, 0.25) is 0 Å². The minimum Gasteiger partial charge on any atom is -0.497 e. The molecule has 27 heavy (non-hydrogen) atoms. The van der Waals surface area contributed by atoms with Crippen LogP contribution in [-0.2, 0) is 16.1 Å². The van der Waals surface area contributed by atoms with Crippen LogP contribution in [0, 0.1) is 0 Å². The fourth-order valence-corrected chi connectivity index (χ4v) is 2.60. The second-order valence-electron chi connectivity index (χ2n) is 6.20. The number of rotatable bonds is 8. The molecule has 0 bridgehead atoms. The lowest BCUT2D eigenvalue weighted by molar-refractivity contribution is -0.137. The van der Waals surface area contributed by atoms with Gasteiger partial charge in [0.15, 0.2) is 0 Å². The highest BCUT2D eigenvalue weighted by Crippen LogP contribution is 2.13. The van der Waals surface area contributed by atoms with Crippen LogP contribution in [-0.4, -0.2) is 48.9 Å². The number of nitrogens with zero attached hydrogens (tertiary/aromatic N) is 2. The van der Waals surface area contributed by atoms with Gasteiger partial charge >= 0.3 is 0 Å². The van der Waals surface area contributed by atoms with Crippen molar-refractivity contribution in [2.45, 2.75) is 13.5 Å². The third-order valence-corrected chi connectivity index (χ3v) is 4.21. The summed E-state index contributed by atoms with van der Waals surface area (Å²) in [7, 11) is 3.23. The Labute approximate surface area is 160 Å². The van der Waals surface area contributed by atoms with Crippen molar-refractivity contribution < 1.29 is 14.3 Å². The van der Waals surface area contributed by atoms with Crippen LogP contribution in [0.5, 0.6) is 5.75 Å².